The zero-order chi connectivity index (χ0) is 19.3. The number of hydrogen-bond donors (Lipinski definition) is 1. The number of benzene rings is 1. The minimum absolute atomic E-state index is 0.0634. The van der Waals surface area contributed by atoms with E-state index in [1.54, 1.807) is 17.4 Å². The van der Waals surface area contributed by atoms with E-state index in [-0.39, 0.29) is 16.4 Å². The quantitative estimate of drug-likeness (QED) is 0.687. The van der Waals surface area contributed by atoms with Crippen LogP contribution >= 0.6 is 0 Å². The molecule has 0 bridgehead atoms. The maximum atomic E-state index is 12.7. The van der Waals surface area contributed by atoms with Crippen molar-refractivity contribution in [3.63, 3.8) is 0 Å². The van der Waals surface area contributed by atoms with E-state index in [1.807, 2.05) is 10.8 Å². The molecule has 2 heterocycles. The highest BCUT2D eigenvalue weighted by Crippen LogP contribution is 2.25. The van der Waals surface area contributed by atoms with E-state index >= 15 is 0 Å². The van der Waals surface area contributed by atoms with Crippen LogP contribution in [0.2, 0.25) is 0 Å². The Bertz CT molecular complexity index is 875. The van der Waals surface area contributed by atoms with Crippen molar-refractivity contribution in [2.45, 2.75) is 30.7 Å². The first kappa shape index (κ1) is 19.4. The van der Waals surface area contributed by atoms with Crippen LogP contribution in [0.15, 0.2) is 41.8 Å². The van der Waals surface area contributed by atoms with Crippen LogP contribution in [-0.4, -0.2) is 55.5 Å². The Morgan fingerprint density at radius 2 is 2.07 bits per heavy atom. The number of ether oxygens (including phenoxy) is 1. The number of nitrogens with one attached hydrogen (secondary N) is 1. The zero-order valence-electron chi connectivity index (χ0n) is 15.3. The minimum Gasteiger partial charge on any atom is -0.496 e. The van der Waals surface area contributed by atoms with Gasteiger partial charge in [-0.2, -0.15) is 0 Å². The first-order valence-corrected chi connectivity index (χ1v) is 10.4. The fourth-order valence-electron chi connectivity index (χ4n) is 3.08. The molecule has 0 aliphatic carbocycles. The van der Waals surface area contributed by atoms with E-state index in [9.17, 15) is 13.2 Å². The number of aromatic nitrogens is 2. The maximum absolute atomic E-state index is 12.7. The molecule has 0 saturated carbocycles. The predicted molar refractivity (Wildman–Crippen MR) is 100 cm³/mol. The van der Waals surface area contributed by atoms with Crippen LogP contribution < -0.4 is 9.46 Å². The average molecular weight is 392 g/mol. The molecule has 0 unspecified atom stereocenters. The number of rotatable bonds is 8. The van der Waals surface area contributed by atoms with Gasteiger partial charge in [0, 0.05) is 38.6 Å². The molecule has 1 aromatic carbocycles. The molecule has 1 saturated heterocycles. The number of likely N-dealkylation sites (tertiary alicyclic amines) is 1. The van der Waals surface area contributed by atoms with Gasteiger partial charge in [-0.25, -0.2) is 18.1 Å². The molecule has 8 nitrogen and oxygen atoms in total. The van der Waals surface area contributed by atoms with Gasteiger partial charge in [0.2, 0.25) is 10.0 Å². The summed E-state index contributed by atoms with van der Waals surface area (Å²) in [5.74, 6) is 0.187. The zero-order valence-corrected chi connectivity index (χ0v) is 16.1. The smallest absolute Gasteiger partial charge is 0.257 e. The first-order valence-electron chi connectivity index (χ1n) is 8.94. The highest BCUT2D eigenvalue weighted by molar-refractivity contribution is 7.89. The van der Waals surface area contributed by atoms with E-state index < -0.39 is 10.0 Å². The van der Waals surface area contributed by atoms with E-state index in [1.165, 1.54) is 25.3 Å². The van der Waals surface area contributed by atoms with Crippen molar-refractivity contribution in [3.8, 4) is 5.75 Å². The van der Waals surface area contributed by atoms with Crippen LogP contribution in [0, 0.1) is 0 Å². The summed E-state index contributed by atoms with van der Waals surface area (Å²) in [5.41, 5.74) is 0.278. The van der Waals surface area contributed by atoms with Gasteiger partial charge < -0.3 is 14.2 Å². The van der Waals surface area contributed by atoms with E-state index in [4.69, 9.17) is 4.74 Å². The molecule has 2 aromatic rings. The van der Waals surface area contributed by atoms with Gasteiger partial charge >= 0.3 is 0 Å². The lowest BCUT2D eigenvalue weighted by atomic mass is 10.1. The van der Waals surface area contributed by atoms with Crippen molar-refractivity contribution in [2.24, 2.45) is 0 Å². The normalized spacial score (nSPS) is 14.5. The first-order chi connectivity index (χ1) is 13.0. The molecule has 0 atom stereocenters. The second kappa shape index (κ2) is 8.53. The van der Waals surface area contributed by atoms with Gasteiger partial charge in [0.15, 0.2) is 0 Å². The number of aryl methyl sites for hydroxylation is 1. The Labute approximate surface area is 159 Å². The monoisotopic (exact) mass is 392 g/mol. The SMILES string of the molecule is COc1ccc(S(=O)(=O)NCCCn2ccnc2)cc1C(=O)N1CCCC1. The lowest BCUT2D eigenvalue weighted by molar-refractivity contribution is 0.0789. The topological polar surface area (TPSA) is 93.5 Å². The predicted octanol–water partition coefficient (Wildman–Crippen LogP) is 1.50. The van der Waals surface area contributed by atoms with Crippen molar-refractivity contribution in [3.05, 3.63) is 42.5 Å². The van der Waals surface area contributed by atoms with Crippen LogP contribution in [0.3, 0.4) is 0 Å². The average Bonchev–Trinajstić information content (AvgIpc) is 3.38. The summed E-state index contributed by atoms with van der Waals surface area (Å²) in [6.45, 7) is 2.34. The van der Waals surface area contributed by atoms with Crippen molar-refractivity contribution in [2.75, 3.05) is 26.7 Å². The standard InChI is InChI=1S/C18H24N4O4S/c1-26-17-6-5-15(13-16(17)18(23)22-10-2-3-11-22)27(24,25)20-7-4-9-21-12-8-19-14-21/h5-6,8,12-14,20H,2-4,7,9-11H2,1H3. The molecule has 27 heavy (non-hydrogen) atoms. The molecular formula is C18H24N4O4S. The largest absolute Gasteiger partial charge is 0.496 e. The van der Waals surface area contributed by atoms with Gasteiger partial charge in [0.05, 0.1) is 23.9 Å². The molecule has 1 fully saturated rings. The maximum Gasteiger partial charge on any atom is 0.257 e. The summed E-state index contributed by atoms with van der Waals surface area (Å²) in [6, 6.07) is 4.39. The van der Waals surface area contributed by atoms with E-state index in [2.05, 4.69) is 9.71 Å². The Morgan fingerprint density at radius 3 is 2.74 bits per heavy atom. The van der Waals surface area contributed by atoms with Crippen LogP contribution in [0.4, 0.5) is 0 Å². The summed E-state index contributed by atoms with van der Waals surface area (Å²) >= 11 is 0. The minimum atomic E-state index is -3.71. The Hall–Kier alpha value is -2.39. The number of hydrogen-bond acceptors (Lipinski definition) is 5. The fraction of sp³-hybridized carbons (Fsp3) is 0.444. The Morgan fingerprint density at radius 1 is 1.30 bits per heavy atom. The summed E-state index contributed by atoms with van der Waals surface area (Å²) in [7, 11) is -2.24. The molecule has 1 N–H and O–H groups in total. The van der Waals surface area contributed by atoms with Crippen LogP contribution in [0.5, 0.6) is 5.75 Å². The van der Waals surface area contributed by atoms with Crippen LogP contribution in [0.25, 0.3) is 0 Å². The van der Waals surface area contributed by atoms with Crippen molar-refractivity contribution < 1.29 is 17.9 Å². The Kier molecular flexibility index (Phi) is 6.12. The number of sulfonamides is 1. The molecule has 1 aliphatic heterocycles. The molecule has 0 radical (unpaired) electrons. The van der Waals surface area contributed by atoms with Gasteiger partial charge in [-0.15, -0.1) is 0 Å². The third kappa shape index (κ3) is 4.67. The third-order valence-electron chi connectivity index (χ3n) is 4.55. The number of methoxy groups -OCH3 is 1. The highest BCUT2D eigenvalue weighted by atomic mass is 32.2. The van der Waals surface area contributed by atoms with Gasteiger partial charge in [-0.05, 0) is 37.5 Å². The molecular weight excluding hydrogens is 368 g/mol. The lowest BCUT2D eigenvalue weighted by Gasteiger charge is -2.18. The second-order valence-electron chi connectivity index (χ2n) is 6.41. The molecule has 0 spiro atoms. The van der Waals surface area contributed by atoms with Crippen LogP contribution in [-0.2, 0) is 16.6 Å². The third-order valence-corrected chi connectivity index (χ3v) is 6.01. The number of amides is 1. The molecule has 1 amide bonds. The summed E-state index contributed by atoms with van der Waals surface area (Å²) in [6.07, 6.45) is 7.75. The summed E-state index contributed by atoms with van der Waals surface area (Å²) < 4.78 is 34.9. The number of imidazole rings is 1. The molecule has 9 heteroatoms. The molecule has 1 aromatic heterocycles. The number of carbonyl (C=O) groups excluding carboxylic acids is 1. The summed E-state index contributed by atoms with van der Waals surface area (Å²) in [5, 5.41) is 0. The molecule has 146 valence electrons. The summed E-state index contributed by atoms with van der Waals surface area (Å²) in [4.78, 5) is 18.5. The van der Waals surface area contributed by atoms with Crippen molar-refractivity contribution >= 4 is 15.9 Å². The molecule has 3 rings (SSSR count). The van der Waals surface area contributed by atoms with Gasteiger partial charge in [0.25, 0.3) is 5.91 Å². The van der Waals surface area contributed by atoms with Crippen molar-refractivity contribution in [1.29, 1.82) is 0 Å². The van der Waals surface area contributed by atoms with E-state index in [0.717, 1.165) is 12.8 Å². The van der Waals surface area contributed by atoms with Gasteiger partial charge in [-0.3, -0.25) is 4.79 Å². The highest BCUT2D eigenvalue weighted by Gasteiger charge is 2.25. The number of carbonyl (C=O) groups is 1. The Balaban J connectivity index is 1.70. The number of nitrogens with zero attached hydrogens (tertiary/aromatic N) is 3. The molecule has 1 aliphatic rings. The van der Waals surface area contributed by atoms with Gasteiger partial charge in [-0.1, -0.05) is 0 Å². The fourth-order valence-corrected chi connectivity index (χ4v) is 4.18. The van der Waals surface area contributed by atoms with Crippen LogP contribution in [0.1, 0.15) is 29.6 Å². The van der Waals surface area contributed by atoms with Crippen molar-refractivity contribution in [1.82, 2.24) is 19.2 Å². The van der Waals surface area contributed by atoms with Gasteiger partial charge in [0.1, 0.15) is 5.75 Å². The van der Waals surface area contributed by atoms with E-state index in [0.29, 0.717) is 38.3 Å². The lowest BCUT2D eigenvalue weighted by Crippen LogP contribution is -2.29. The second-order valence-corrected chi connectivity index (χ2v) is 8.18.